The third kappa shape index (κ3) is 1.87. The topological polar surface area (TPSA) is 34.1 Å². The molecule has 1 fully saturated rings. The molecule has 0 aromatic rings. The van der Waals surface area contributed by atoms with Crippen molar-refractivity contribution in [1.82, 2.24) is 0 Å². The average molecular weight is 176 g/mol. The second-order valence-corrected chi connectivity index (χ2v) is 4.72. The predicted octanol–water partition coefficient (Wildman–Crippen LogP) is 0.0894. The van der Waals surface area contributed by atoms with Crippen molar-refractivity contribution in [3.8, 4) is 0 Å². The summed E-state index contributed by atoms with van der Waals surface area (Å²) in [5, 5.41) is 0. The molecule has 3 nitrogen and oxygen atoms in total. The van der Waals surface area contributed by atoms with Crippen LogP contribution in [0.5, 0.6) is 0 Å². The molecular weight excluding hydrogens is 162 g/mol. The van der Waals surface area contributed by atoms with E-state index in [1.807, 2.05) is 7.05 Å². The highest BCUT2D eigenvalue weighted by molar-refractivity contribution is 7.84. The zero-order valence-electron chi connectivity index (χ0n) is 7.00. The van der Waals surface area contributed by atoms with Crippen LogP contribution in [-0.2, 0) is 15.6 Å². The molecule has 0 aromatic carbocycles. The standard InChI is InChI=1S/C7H14NO2S/c1-8(6-11(2)10)5-3-4-7(8)9/h3-6H2,1-2H3/q+1. The van der Waals surface area contributed by atoms with E-state index in [-0.39, 0.29) is 5.91 Å². The number of quaternary nitrogens is 1. The van der Waals surface area contributed by atoms with Crippen LogP contribution in [0.2, 0.25) is 0 Å². The first-order valence-electron chi connectivity index (χ1n) is 3.72. The Hall–Kier alpha value is -0.220. The van der Waals surface area contributed by atoms with Gasteiger partial charge >= 0.3 is 5.91 Å². The molecule has 11 heavy (non-hydrogen) atoms. The van der Waals surface area contributed by atoms with E-state index in [0.29, 0.717) is 16.8 Å². The molecule has 2 unspecified atom stereocenters. The Labute approximate surface area is 69.4 Å². The van der Waals surface area contributed by atoms with Gasteiger partial charge in [0, 0.05) is 12.7 Å². The highest BCUT2D eigenvalue weighted by Gasteiger charge is 2.37. The summed E-state index contributed by atoms with van der Waals surface area (Å²) < 4.78 is 11.3. The summed E-state index contributed by atoms with van der Waals surface area (Å²) in [6.45, 7) is 0.860. The summed E-state index contributed by atoms with van der Waals surface area (Å²) in [7, 11) is 1.01. The average Bonchev–Trinajstić information content (AvgIpc) is 2.11. The minimum atomic E-state index is -0.864. The van der Waals surface area contributed by atoms with Gasteiger partial charge in [0.2, 0.25) is 0 Å². The van der Waals surface area contributed by atoms with Crippen molar-refractivity contribution >= 4 is 16.7 Å². The van der Waals surface area contributed by atoms with Crippen LogP contribution in [0.4, 0.5) is 0 Å². The summed E-state index contributed by atoms with van der Waals surface area (Å²) in [5.41, 5.74) is 0. The Morgan fingerprint density at radius 1 is 1.64 bits per heavy atom. The summed E-state index contributed by atoms with van der Waals surface area (Å²) >= 11 is 0. The highest BCUT2D eigenvalue weighted by atomic mass is 32.2. The number of carbonyl (C=O) groups excluding carboxylic acids is 1. The van der Waals surface area contributed by atoms with E-state index < -0.39 is 10.8 Å². The fourth-order valence-corrected chi connectivity index (χ4v) is 2.59. The van der Waals surface area contributed by atoms with Crippen LogP contribution in [0.1, 0.15) is 12.8 Å². The zero-order chi connectivity index (χ0) is 8.48. The molecule has 0 radical (unpaired) electrons. The van der Waals surface area contributed by atoms with E-state index in [4.69, 9.17) is 0 Å². The van der Waals surface area contributed by atoms with Crippen LogP contribution < -0.4 is 0 Å². The molecule has 0 aliphatic carbocycles. The highest BCUT2D eigenvalue weighted by Crippen LogP contribution is 2.17. The van der Waals surface area contributed by atoms with Crippen molar-refractivity contribution in [2.75, 3.05) is 25.7 Å². The van der Waals surface area contributed by atoms with Crippen LogP contribution in [0.25, 0.3) is 0 Å². The number of hydrogen-bond donors (Lipinski definition) is 0. The molecule has 0 N–H and O–H groups in total. The molecule has 0 aromatic heterocycles. The molecule has 1 saturated heterocycles. The number of amides is 1. The van der Waals surface area contributed by atoms with Gasteiger partial charge in [0.15, 0.2) is 5.88 Å². The lowest BCUT2D eigenvalue weighted by molar-refractivity contribution is -0.812. The van der Waals surface area contributed by atoms with Gasteiger partial charge in [-0.05, 0) is 0 Å². The molecule has 0 bridgehead atoms. The Morgan fingerprint density at radius 2 is 2.27 bits per heavy atom. The van der Waals surface area contributed by atoms with Crippen molar-refractivity contribution in [1.29, 1.82) is 0 Å². The van der Waals surface area contributed by atoms with Crippen molar-refractivity contribution in [3.63, 3.8) is 0 Å². The minimum absolute atomic E-state index is 0.236. The molecule has 0 spiro atoms. The molecule has 2 atom stereocenters. The maximum Gasteiger partial charge on any atom is 0.314 e. The zero-order valence-corrected chi connectivity index (χ0v) is 7.82. The largest absolute Gasteiger partial charge is 0.314 e. The molecule has 1 aliphatic rings. The van der Waals surface area contributed by atoms with Crippen LogP contribution in [0, 0.1) is 0 Å². The van der Waals surface area contributed by atoms with Gasteiger partial charge < -0.3 is 0 Å². The summed E-state index contributed by atoms with van der Waals surface area (Å²) in [5.74, 6) is 0.721. The summed E-state index contributed by atoms with van der Waals surface area (Å²) in [6, 6.07) is 0. The smallest absolute Gasteiger partial charge is 0.254 e. The first-order valence-corrected chi connectivity index (χ1v) is 5.45. The molecule has 1 amide bonds. The van der Waals surface area contributed by atoms with E-state index in [1.54, 1.807) is 6.26 Å². The SMILES string of the molecule is CS(=O)C[N+]1(C)CCCC1=O. The fourth-order valence-electron chi connectivity index (χ4n) is 1.51. The predicted molar refractivity (Wildman–Crippen MR) is 44.2 cm³/mol. The molecule has 1 rings (SSSR count). The van der Waals surface area contributed by atoms with E-state index >= 15 is 0 Å². The van der Waals surface area contributed by atoms with Crippen LogP contribution in [0.15, 0.2) is 0 Å². The van der Waals surface area contributed by atoms with E-state index in [1.165, 1.54) is 0 Å². The van der Waals surface area contributed by atoms with Gasteiger partial charge in [-0.25, -0.2) is 4.79 Å². The maximum atomic E-state index is 11.3. The number of rotatable bonds is 2. The number of hydrogen-bond acceptors (Lipinski definition) is 2. The second-order valence-electron chi connectivity index (χ2n) is 3.32. The van der Waals surface area contributed by atoms with Crippen LogP contribution in [-0.4, -0.2) is 40.3 Å². The van der Waals surface area contributed by atoms with Crippen LogP contribution in [0.3, 0.4) is 0 Å². The number of carbonyl (C=O) groups is 1. The monoisotopic (exact) mass is 176 g/mol. The Kier molecular flexibility index (Phi) is 2.44. The normalized spacial score (nSPS) is 34.2. The first kappa shape index (κ1) is 8.87. The molecule has 0 saturated carbocycles. The Bertz CT molecular complexity index is 205. The third-order valence-corrected chi connectivity index (χ3v) is 3.04. The van der Waals surface area contributed by atoms with Gasteiger partial charge in [0.1, 0.15) is 0 Å². The third-order valence-electron chi connectivity index (χ3n) is 2.11. The fraction of sp³-hybridized carbons (Fsp3) is 0.857. The minimum Gasteiger partial charge on any atom is -0.254 e. The lowest BCUT2D eigenvalue weighted by Crippen LogP contribution is -2.46. The summed E-state index contributed by atoms with van der Waals surface area (Å²) in [6.07, 6.45) is 3.26. The second kappa shape index (κ2) is 3.03. The van der Waals surface area contributed by atoms with Gasteiger partial charge in [-0.2, -0.15) is 0 Å². The van der Waals surface area contributed by atoms with Gasteiger partial charge in [0.05, 0.1) is 30.8 Å². The summed E-state index contributed by atoms with van der Waals surface area (Å²) in [4.78, 5) is 11.3. The lowest BCUT2D eigenvalue weighted by Gasteiger charge is -2.24. The van der Waals surface area contributed by atoms with E-state index in [2.05, 4.69) is 0 Å². The first-order chi connectivity index (χ1) is 5.04. The van der Waals surface area contributed by atoms with Crippen molar-refractivity contribution in [3.05, 3.63) is 0 Å². The number of likely N-dealkylation sites (tertiary alicyclic amines) is 1. The molecule has 1 aliphatic heterocycles. The van der Waals surface area contributed by atoms with E-state index in [9.17, 15) is 9.00 Å². The van der Waals surface area contributed by atoms with Gasteiger partial charge in [-0.15, -0.1) is 0 Å². The van der Waals surface area contributed by atoms with Gasteiger partial charge in [-0.1, -0.05) is 0 Å². The van der Waals surface area contributed by atoms with E-state index in [0.717, 1.165) is 13.0 Å². The van der Waals surface area contributed by atoms with Gasteiger partial charge in [-0.3, -0.25) is 8.69 Å². The van der Waals surface area contributed by atoms with Crippen molar-refractivity contribution < 1.29 is 13.5 Å². The van der Waals surface area contributed by atoms with Gasteiger partial charge in [0.25, 0.3) is 0 Å². The Balaban J connectivity index is 2.65. The lowest BCUT2D eigenvalue weighted by atomic mass is 10.4. The number of nitrogens with zero attached hydrogens (tertiary/aromatic N) is 1. The maximum absolute atomic E-state index is 11.3. The molecule has 64 valence electrons. The molecule has 4 heteroatoms. The molecule has 1 heterocycles. The van der Waals surface area contributed by atoms with Crippen molar-refractivity contribution in [2.45, 2.75) is 12.8 Å². The Morgan fingerprint density at radius 3 is 2.64 bits per heavy atom. The quantitative estimate of drug-likeness (QED) is 0.559. The van der Waals surface area contributed by atoms with Crippen LogP contribution >= 0.6 is 0 Å². The van der Waals surface area contributed by atoms with Crippen molar-refractivity contribution in [2.24, 2.45) is 0 Å². The molecular formula is C7H14NO2S+.